The van der Waals surface area contributed by atoms with Gasteiger partial charge in [-0.2, -0.15) is 0 Å². The van der Waals surface area contributed by atoms with Gasteiger partial charge in [0.2, 0.25) is 11.5 Å². The van der Waals surface area contributed by atoms with Crippen LogP contribution in [0.5, 0.6) is 11.5 Å². The van der Waals surface area contributed by atoms with Crippen LogP contribution in [0.1, 0.15) is 18.7 Å². The Balaban J connectivity index is 1.39. The minimum atomic E-state index is -2.86. The number of aromatic amines is 1. The molecule has 6 atom stereocenters. The number of H-pyrrole nitrogens is 1. The van der Waals surface area contributed by atoms with Crippen LogP contribution in [0.25, 0.3) is 21.2 Å². The summed E-state index contributed by atoms with van der Waals surface area (Å²) in [4.78, 5) is 54.1. The number of nitrogens with one attached hydrogen (secondary N) is 1. The highest BCUT2D eigenvalue weighted by molar-refractivity contribution is 7.34. The van der Waals surface area contributed by atoms with E-state index in [1.807, 2.05) is 11.1 Å². The Bertz CT molecular complexity index is 1930. The SMILES string of the molecule is C[C@H](/N=[P+](\[O-])Oc1c(OC[C@@]2(N=[N+]=[N-])O[C@@H](n3ccc(=O)[nH]c3=O)[C@H](O)[C@@H]2O)ccc2ccccc12)C(=O)OCc1ccccc1. The number of ether oxygens (including phenoxy) is 3. The molecule has 1 unspecified atom stereocenters. The maximum Gasteiger partial charge on any atom is 0.395 e. The summed E-state index contributed by atoms with van der Waals surface area (Å²) in [5, 5.41) is 26.3. The molecule has 1 fully saturated rings. The van der Waals surface area contributed by atoms with E-state index in [0.29, 0.717) is 10.8 Å². The number of hydrogen-bond donors (Lipinski definition) is 3. The quantitative estimate of drug-likeness (QED) is 0.0705. The standard InChI is InChI=1S/C29H27N6O10P/c1-17(27(39)42-15-18-7-3-2-4-8-18)32-46(41)45-24-20-10-6-5-9-19(20)11-12-21(24)43-16-29(33-34-30)25(38)23(37)26(44-29)35-14-13-22(36)31-28(35)40/h2-14,17,23,25-26,37-38H,15-16H2,1H3,(H,31,36,40)/t17-,23+,25-,26+,29+/m0/s1. The Morgan fingerprint density at radius 1 is 1.15 bits per heavy atom. The molecule has 3 N–H and O–H groups in total. The number of nitrogens with zero attached hydrogens (tertiary/aromatic N) is 5. The number of rotatable bonds is 11. The third-order valence-corrected chi connectivity index (χ3v) is 7.90. The number of esters is 1. The number of carbonyl (C=O) groups excluding carboxylic acids is 1. The van der Waals surface area contributed by atoms with Gasteiger partial charge in [0.25, 0.3) is 5.56 Å². The molecule has 1 aromatic heterocycles. The predicted molar refractivity (Wildman–Crippen MR) is 160 cm³/mol. The first kappa shape index (κ1) is 32.3. The van der Waals surface area contributed by atoms with Crippen molar-refractivity contribution < 1.29 is 38.6 Å². The number of carbonyl (C=O) groups is 1. The highest BCUT2D eigenvalue weighted by Crippen LogP contribution is 2.43. The third kappa shape index (κ3) is 6.92. The van der Waals surface area contributed by atoms with Crippen molar-refractivity contribution in [2.45, 2.75) is 43.7 Å². The lowest BCUT2D eigenvalue weighted by molar-refractivity contribution is -0.169. The summed E-state index contributed by atoms with van der Waals surface area (Å²) >= 11 is 0. The normalized spacial score (nSPS) is 21.7. The van der Waals surface area contributed by atoms with Crippen LogP contribution in [0.2, 0.25) is 0 Å². The van der Waals surface area contributed by atoms with E-state index >= 15 is 0 Å². The first-order valence-electron chi connectivity index (χ1n) is 13.7. The van der Waals surface area contributed by atoms with Crippen LogP contribution in [0.15, 0.2) is 98.4 Å². The van der Waals surface area contributed by atoms with Crippen molar-refractivity contribution in [2.75, 3.05) is 6.61 Å². The minimum absolute atomic E-state index is 0.00569. The predicted octanol–water partition coefficient (Wildman–Crippen LogP) is 2.39. The number of fused-ring (bicyclic) bond motifs is 1. The lowest BCUT2D eigenvalue weighted by atomic mass is 10.1. The molecule has 0 spiro atoms. The summed E-state index contributed by atoms with van der Waals surface area (Å²) in [5.74, 6) is -0.812. The molecule has 4 aromatic rings. The van der Waals surface area contributed by atoms with Gasteiger partial charge in [-0.1, -0.05) is 70.5 Å². The monoisotopic (exact) mass is 650 g/mol. The Morgan fingerprint density at radius 2 is 1.89 bits per heavy atom. The van der Waals surface area contributed by atoms with E-state index < -0.39 is 62.2 Å². The fourth-order valence-corrected chi connectivity index (χ4v) is 5.45. The van der Waals surface area contributed by atoms with Crippen LogP contribution < -0.4 is 25.4 Å². The molecule has 0 saturated carbocycles. The second kappa shape index (κ2) is 13.9. The second-order valence-electron chi connectivity index (χ2n) is 10.1. The van der Waals surface area contributed by atoms with E-state index in [4.69, 9.17) is 18.7 Å². The zero-order chi connectivity index (χ0) is 32.8. The van der Waals surface area contributed by atoms with E-state index in [0.717, 1.165) is 22.4 Å². The average molecular weight is 651 g/mol. The minimum Gasteiger partial charge on any atom is -0.575 e. The van der Waals surface area contributed by atoms with Gasteiger partial charge in [-0.25, -0.2) is 9.59 Å². The highest BCUT2D eigenvalue weighted by Gasteiger charge is 2.56. The molecule has 16 nitrogen and oxygen atoms in total. The zero-order valence-corrected chi connectivity index (χ0v) is 25.0. The van der Waals surface area contributed by atoms with E-state index in [-0.39, 0.29) is 18.1 Å². The number of aliphatic hydroxyl groups is 2. The third-order valence-electron chi connectivity index (χ3n) is 7.02. The molecule has 17 heteroatoms. The Kier molecular flexibility index (Phi) is 9.78. The molecule has 0 bridgehead atoms. The van der Waals surface area contributed by atoms with E-state index in [2.05, 4.69) is 14.8 Å². The summed E-state index contributed by atoms with van der Waals surface area (Å²) in [6.45, 7) is 0.697. The van der Waals surface area contributed by atoms with Gasteiger partial charge in [-0.3, -0.25) is 18.9 Å². The van der Waals surface area contributed by atoms with Crippen LogP contribution in [-0.4, -0.2) is 56.3 Å². The lowest BCUT2D eigenvalue weighted by Crippen LogP contribution is -2.46. The van der Waals surface area contributed by atoms with Crippen LogP contribution in [-0.2, 0) is 20.9 Å². The molecule has 1 aliphatic rings. The van der Waals surface area contributed by atoms with Gasteiger partial charge in [0.1, 0.15) is 25.4 Å². The maximum absolute atomic E-state index is 13.0. The summed E-state index contributed by atoms with van der Waals surface area (Å²) in [7, 11) is -2.86. The van der Waals surface area contributed by atoms with Gasteiger partial charge in [-0.05, 0) is 29.5 Å². The summed E-state index contributed by atoms with van der Waals surface area (Å²) < 4.78 is 27.3. The molecule has 0 amide bonds. The Labute approximate surface area is 260 Å². The van der Waals surface area contributed by atoms with Crippen LogP contribution in [0.3, 0.4) is 0 Å². The molecular formula is C29H27N6O10P. The van der Waals surface area contributed by atoms with Crippen LogP contribution >= 0.6 is 8.17 Å². The number of azide groups is 1. The zero-order valence-electron chi connectivity index (χ0n) is 24.1. The van der Waals surface area contributed by atoms with Crippen molar-refractivity contribution in [3.05, 3.63) is 116 Å². The topological polar surface area (TPSA) is 233 Å². The van der Waals surface area contributed by atoms with Crippen LogP contribution in [0, 0.1) is 0 Å². The van der Waals surface area contributed by atoms with Gasteiger partial charge in [0.05, 0.1) is 0 Å². The van der Waals surface area contributed by atoms with E-state index in [9.17, 15) is 35.0 Å². The fourth-order valence-electron chi connectivity index (χ4n) is 4.68. The molecule has 0 radical (unpaired) electrons. The largest absolute Gasteiger partial charge is 0.575 e. The fraction of sp³-hybridized carbons (Fsp3) is 0.276. The number of hydrogen-bond acceptors (Lipinski definition) is 12. The second-order valence-corrected chi connectivity index (χ2v) is 11.0. The van der Waals surface area contributed by atoms with E-state index in [1.54, 1.807) is 54.6 Å². The summed E-state index contributed by atoms with van der Waals surface area (Å²) in [6, 6.07) is 18.9. The summed E-state index contributed by atoms with van der Waals surface area (Å²) in [5.41, 5.74) is 6.14. The molecule has 0 aliphatic carbocycles. The Morgan fingerprint density at radius 3 is 2.63 bits per heavy atom. The lowest BCUT2D eigenvalue weighted by Gasteiger charge is -2.27. The molecule has 1 saturated heterocycles. The molecule has 5 rings (SSSR count). The van der Waals surface area contributed by atoms with Gasteiger partial charge < -0.3 is 29.3 Å². The van der Waals surface area contributed by atoms with Gasteiger partial charge >= 0.3 is 19.8 Å². The first-order chi connectivity index (χ1) is 22.1. The van der Waals surface area contributed by atoms with Crippen molar-refractivity contribution in [3.8, 4) is 11.5 Å². The molecule has 3 aromatic carbocycles. The van der Waals surface area contributed by atoms with Crippen molar-refractivity contribution >= 4 is 24.9 Å². The van der Waals surface area contributed by atoms with Crippen molar-refractivity contribution in [2.24, 2.45) is 9.86 Å². The molecule has 2 heterocycles. The molecule has 46 heavy (non-hydrogen) atoms. The van der Waals surface area contributed by atoms with Gasteiger partial charge in [0, 0.05) is 22.6 Å². The first-order valence-corrected chi connectivity index (χ1v) is 14.9. The Hall–Kier alpha value is -5.08. The number of aromatic nitrogens is 2. The van der Waals surface area contributed by atoms with Crippen LogP contribution in [0.4, 0.5) is 0 Å². The van der Waals surface area contributed by atoms with Gasteiger partial charge in [0.15, 0.2) is 18.0 Å². The highest BCUT2D eigenvalue weighted by atomic mass is 31.1. The van der Waals surface area contributed by atoms with Gasteiger partial charge in [-0.15, -0.1) is 0 Å². The van der Waals surface area contributed by atoms with Crippen molar-refractivity contribution in [1.29, 1.82) is 0 Å². The van der Waals surface area contributed by atoms with E-state index in [1.165, 1.54) is 13.0 Å². The smallest absolute Gasteiger partial charge is 0.395 e. The van der Waals surface area contributed by atoms with Crippen molar-refractivity contribution in [1.82, 2.24) is 9.55 Å². The average Bonchev–Trinajstić information content (AvgIpc) is 3.29. The molecule has 238 valence electrons. The summed E-state index contributed by atoms with van der Waals surface area (Å²) in [6.07, 6.45) is -4.21. The molecule has 1 aliphatic heterocycles. The van der Waals surface area contributed by atoms with Crippen molar-refractivity contribution in [3.63, 3.8) is 0 Å². The number of benzene rings is 3. The number of aliphatic hydroxyl groups excluding tert-OH is 2. The maximum atomic E-state index is 13.0. The molecular weight excluding hydrogens is 623 g/mol.